The van der Waals surface area contributed by atoms with Crippen molar-refractivity contribution in [2.75, 3.05) is 7.11 Å². The van der Waals surface area contributed by atoms with Crippen LogP contribution in [0, 0.1) is 20.8 Å². The lowest BCUT2D eigenvalue weighted by Gasteiger charge is -2.08. The van der Waals surface area contributed by atoms with Crippen molar-refractivity contribution in [2.45, 2.75) is 56.9 Å². The van der Waals surface area contributed by atoms with E-state index in [0.717, 1.165) is 51.3 Å². The van der Waals surface area contributed by atoms with Crippen molar-refractivity contribution in [3.63, 3.8) is 0 Å². The fourth-order valence-electron chi connectivity index (χ4n) is 3.34. The van der Waals surface area contributed by atoms with Crippen LogP contribution in [0.2, 0.25) is 0 Å². The number of methoxy groups -OCH3 is 1. The predicted octanol–water partition coefficient (Wildman–Crippen LogP) is 6.64. The lowest BCUT2D eigenvalue weighted by atomic mass is 9.96. The Balaban J connectivity index is 2.17. The van der Waals surface area contributed by atoms with Crippen LogP contribution >= 0.6 is 11.8 Å². The molecule has 1 aromatic heterocycles. The molecule has 0 aliphatic heterocycles. The van der Waals surface area contributed by atoms with Gasteiger partial charge in [-0.15, -0.1) is 0 Å². The predicted molar refractivity (Wildman–Crippen MR) is 111 cm³/mol. The first-order valence-electron chi connectivity index (χ1n) is 9.34. The Morgan fingerprint density at radius 1 is 1.15 bits per heavy atom. The van der Waals surface area contributed by atoms with Crippen LogP contribution in [0.3, 0.4) is 0 Å². The molecule has 4 heteroatoms. The third-order valence-corrected chi connectivity index (χ3v) is 5.91. The summed E-state index contributed by atoms with van der Waals surface area (Å²) in [4.78, 5) is 13.4. The van der Waals surface area contributed by atoms with E-state index in [1.807, 2.05) is 19.9 Å². The van der Waals surface area contributed by atoms with Crippen molar-refractivity contribution in [3.8, 4) is 0 Å². The minimum absolute atomic E-state index is 0.298. The first-order valence-corrected chi connectivity index (χ1v) is 10.2. The van der Waals surface area contributed by atoms with E-state index in [0.29, 0.717) is 5.56 Å². The standard InChI is InChI=1S/C23H26O3S/c1-6-7-8-18-20-16(4)19(22(24)25-5)13-15(3)21(20)26-23(18)27-17-11-9-14(2)10-12-17/h9-13H,6-8H2,1-5H3. The largest absolute Gasteiger partial charge is 0.465 e. The van der Waals surface area contributed by atoms with E-state index in [9.17, 15) is 4.79 Å². The van der Waals surface area contributed by atoms with Gasteiger partial charge in [0.05, 0.1) is 12.7 Å². The number of unbranched alkanes of at least 4 members (excludes halogenated alkanes) is 1. The molecule has 1 heterocycles. The summed E-state index contributed by atoms with van der Waals surface area (Å²) in [6.45, 7) is 8.25. The van der Waals surface area contributed by atoms with Crippen molar-refractivity contribution < 1.29 is 13.9 Å². The maximum absolute atomic E-state index is 12.2. The van der Waals surface area contributed by atoms with Crippen LogP contribution in [-0.4, -0.2) is 13.1 Å². The molecule has 2 aromatic carbocycles. The number of hydrogen-bond acceptors (Lipinski definition) is 4. The van der Waals surface area contributed by atoms with Crippen LogP contribution < -0.4 is 0 Å². The van der Waals surface area contributed by atoms with Crippen LogP contribution in [0.15, 0.2) is 44.7 Å². The van der Waals surface area contributed by atoms with Gasteiger partial charge in [0.25, 0.3) is 0 Å². The molecule has 0 saturated heterocycles. The number of hydrogen-bond donors (Lipinski definition) is 0. The number of carbonyl (C=O) groups excluding carboxylic acids is 1. The topological polar surface area (TPSA) is 39.4 Å². The summed E-state index contributed by atoms with van der Waals surface area (Å²) in [6.07, 6.45) is 3.12. The highest BCUT2D eigenvalue weighted by molar-refractivity contribution is 7.99. The van der Waals surface area contributed by atoms with Crippen LogP contribution in [0.5, 0.6) is 0 Å². The monoisotopic (exact) mass is 382 g/mol. The average molecular weight is 383 g/mol. The summed E-state index contributed by atoms with van der Waals surface area (Å²) in [7, 11) is 1.42. The lowest BCUT2D eigenvalue weighted by molar-refractivity contribution is 0.0600. The van der Waals surface area contributed by atoms with Crippen molar-refractivity contribution in [2.24, 2.45) is 0 Å². The summed E-state index contributed by atoms with van der Waals surface area (Å²) in [5.74, 6) is -0.298. The second-order valence-corrected chi connectivity index (χ2v) is 7.99. The first kappa shape index (κ1) is 19.6. The highest BCUT2D eigenvalue weighted by Gasteiger charge is 2.22. The highest BCUT2D eigenvalue weighted by Crippen LogP contribution is 2.41. The van der Waals surface area contributed by atoms with E-state index in [2.05, 4.69) is 38.1 Å². The molecule has 0 saturated carbocycles. The fraction of sp³-hybridized carbons (Fsp3) is 0.348. The van der Waals surface area contributed by atoms with Gasteiger partial charge in [0.1, 0.15) is 5.58 Å². The number of benzene rings is 2. The van der Waals surface area contributed by atoms with Gasteiger partial charge in [-0.1, -0.05) is 42.8 Å². The first-order chi connectivity index (χ1) is 13.0. The number of furan rings is 1. The average Bonchev–Trinajstić information content (AvgIpc) is 3.03. The maximum atomic E-state index is 12.2. The molecule has 0 unspecified atom stereocenters. The molecular formula is C23H26O3S. The summed E-state index contributed by atoms with van der Waals surface area (Å²) in [5.41, 5.74) is 5.83. The van der Waals surface area contributed by atoms with Crippen LogP contribution in [0.4, 0.5) is 0 Å². The van der Waals surface area contributed by atoms with Gasteiger partial charge in [0.15, 0.2) is 5.09 Å². The lowest BCUT2D eigenvalue weighted by Crippen LogP contribution is -2.05. The van der Waals surface area contributed by atoms with Crippen molar-refractivity contribution in [3.05, 3.63) is 58.1 Å². The second kappa shape index (κ2) is 8.22. The quantitative estimate of drug-likeness (QED) is 0.448. The SMILES string of the molecule is CCCCc1c(Sc2ccc(C)cc2)oc2c(C)cc(C(=O)OC)c(C)c12. The van der Waals surface area contributed by atoms with Crippen molar-refractivity contribution >= 4 is 28.7 Å². The van der Waals surface area contributed by atoms with Gasteiger partial charge in [-0.25, -0.2) is 4.79 Å². The van der Waals surface area contributed by atoms with Crippen LogP contribution in [0.25, 0.3) is 11.0 Å². The number of carbonyl (C=O) groups is 1. The third-order valence-electron chi connectivity index (χ3n) is 4.89. The summed E-state index contributed by atoms with van der Waals surface area (Å²) >= 11 is 1.65. The molecule has 0 amide bonds. The Hall–Kier alpha value is -2.20. The Morgan fingerprint density at radius 2 is 1.85 bits per heavy atom. The molecule has 27 heavy (non-hydrogen) atoms. The molecule has 0 aliphatic carbocycles. The van der Waals surface area contributed by atoms with Gasteiger partial charge in [-0.05, 0) is 62.9 Å². The number of esters is 1. The van der Waals surface area contributed by atoms with Crippen molar-refractivity contribution in [1.82, 2.24) is 0 Å². The molecular weight excluding hydrogens is 356 g/mol. The zero-order chi connectivity index (χ0) is 19.6. The second-order valence-electron chi connectivity index (χ2n) is 6.95. The van der Waals surface area contributed by atoms with E-state index in [4.69, 9.17) is 9.15 Å². The van der Waals surface area contributed by atoms with E-state index in [-0.39, 0.29) is 5.97 Å². The number of rotatable bonds is 6. The highest BCUT2D eigenvalue weighted by atomic mass is 32.2. The number of aryl methyl sites for hydroxylation is 4. The maximum Gasteiger partial charge on any atom is 0.338 e. The third kappa shape index (κ3) is 3.91. The summed E-state index contributed by atoms with van der Waals surface area (Å²) < 4.78 is 11.3. The zero-order valence-corrected chi connectivity index (χ0v) is 17.5. The van der Waals surface area contributed by atoms with Crippen LogP contribution in [0.1, 0.15) is 52.4 Å². The fourth-order valence-corrected chi connectivity index (χ4v) is 4.28. The van der Waals surface area contributed by atoms with Crippen LogP contribution in [-0.2, 0) is 11.2 Å². The molecule has 3 nitrogen and oxygen atoms in total. The van der Waals surface area contributed by atoms with Gasteiger partial charge in [0.2, 0.25) is 0 Å². The number of ether oxygens (including phenoxy) is 1. The zero-order valence-electron chi connectivity index (χ0n) is 16.6. The van der Waals surface area contributed by atoms with Gasteiger partial charge in [-0.2, -0.15) is 0 Å². The number of fused-ring (bicyclic) bond motifs is 1. The Kier molecular flexibility index (Phi) is 5.95. The Bertz CT molecular complexity index is 968. The Morgan fingerprint density at radius 3 is 2.48 bits per heavy atom. The molecule has 0 radical (unpaired) electrons. The molecule has 0 N–H and O–H groups in total. The molecule has 0 spiro atoms. The smallest absolute Gasteiger partial charge is 0.338 e. The minimum Gasteiger partial charge on any atom is -0.465 e. The molecule has 0 bridgehead atoms. The molecule has 0 fully saturated rings. The van der Waals surface area contributed by atoms with E-state index in [1.54, 1.807) is 11.8 Å². The van der Waals surface area contributed by atoms with Gasteiger partial charge < -0.3 is 9.15 Å². The molecule has 0 aliphatic rings. The summed E-state index contributed by atoms with van der Waals surface area (Å²) in [5, 5.41) is 1.99. The molecule has 142 valence electrons. The van der Waals surface area contributed by atoms with E-state index < -0.39 is 0 Å². The molecule has 3 aromatic rings. The summed E-state index contributed by atoms with van der Waals surface area (Å²) in [6, 6.07) is 10.3. The molecule has 3 rings (SSSR count). The van der Waals surface area contributed by atoms with Gasteiger partial charge in [0, 0.05) is 15.8 Å². The van der Waals surface area contributed by atoms with Crippen molar-refractivity contribution in [1.29, 1.82) is 0 Å². The van der Waals surface area contributed by atoms with Gasteiger partial charge in [-0.3, -0.25) is 0 Å². The normalized spacial score (nSPS) is 11.1. The van der Waals surface area contributed by atoms with Gasteiger partial charge >= 0.3 is 5.97 Å². The van der Waals surface area contributed by atoms with E-state index >= 15 is 0 Å². The minimum atomic E-state index is -0.298. The Labute approximate surface area is 165 Å². The van der Waals surface area contributed by atoms with E-state index in [1.165, 1.54) is 18.2 Å². The molecule has 0 atom stereocenters.